The van der Waals surface area contributed by atoms with E-state index in [9.17, 15) is 14.7 Å². The Kier molecular flexibility index (Phi) is 4.52. The number of nitrogens with one attached hydrogen (secondary N) is 2. The van der Waals surface area contributed by atoms with Gasteiger partial charge in [0.1, 0.15) is 5.69 Å². The molecule has 2 rings (SSSR count). The molecule has 1 aliphatic carbocycles. The van der Waals surface area contributed by atoms with Gasteiger partial charge in [-0.3, -0.25) is 9.59 Å². The van der Waals surface area contributed by atoms with Crippen molar-refractivity contribution in [1.82, 2.24) is 10.3 Å². The van der Waals surface area contributed by atoms with Crippen molar-refractivity contribution in [3.05, 3.63) is 22.4 Å². The molecule has 5 nitrogen and oxygen atoms in total. The van der Waals surface area contributed by atoms with Crippen LogP contribution in [0.2, 0.25) is 0 Å². The molecule has 0 unspecified atom stereocenters. The van der Waals surface area contributed by atoms with E-state index in [1.807, 2.05) is 0 Å². The Morgan fingerprint density at radius 2 is 2.15 bits per heavy atom. The second-order valence-corrected chi connectivity index (χ2v) is 6.60. The van der Waals surface area contributed by atoms with E-state index in [2.05, 4.69) is 33.2 Å². The fourth-order valence-electron chi connectivity index (χ4n) is 2.62. The normalized spacial score (nSPS) is 26.2. The Labute approximate surface area is 126 Å². The van der Waals surface area contributed by atoms with E-state index >= 15 is 0 Å². The number of aliphatic carboxylic acids is 1. The molecule has 1 aromatic rings. The van der Waals surface area contributed by atoms with Gasteiger partial charge in [-0.25, -0.2) is 0 Å². The average Bonchev–Trinajstić information content (AvgIpc) is 2.84. The quantitative estimate of drug-likeness (QED) is 0.786. The highest BCUT2D eigenvalue weighted by atomic mass is 79.9. The van der Waals surface area contributed by atoms with Crippen LogP contribution in [0.1, 0.15) is 43.1 Å². The highest BCUT2D eigenvalue weighted by molar-refractivity contribution is 9.10. The summed E-state index contributed by atoms with van der Waals surface area (Å²) >= 11 is 3.26. The molecule has 3 N–H and O–H groups in total. The number of carbonyl (C=O) groups is 2. The van der Waals surface area contributed by atoms with Crippen molar-refractivity contribution in [3.8, 4) is 0 Å². The minimum absolute atomic E-state index is 0.185. The molecule has 110 valence electrons. The van der Waals surface area contributed by atoms with Crippen LogP contribution >= 0.6 is 15.9 Å². The lowest BCUT2D eigenvalue weighted by molar-refractivity contribution is -0.151. The maximum Gasteiger partial charge on any atom is 0.311 e. The molecule has 1 saturated carbocycles. The third kappa shape index (κ3) is 3.23. The molecule has 0 atom stereocenters. The molecule has 1 aliphatic rings. The summed E-state index contributed by atoms with van der Waals surface area (Å²) in [5, 5.41) is 12.2. The van der Waals surface area contributed by atoms with Crippen molar-refractivity contribution in [1.29, 1.82) is 0 Å². The SMILES string of the molecule is CC1CCC(CNC(=O)c2cc(Br)c[nH]2)(C(=O)O)CC1. The number of amides is 1. The largest absolute Gasteiger partial charge is 0.481 e. The molecule has 0 spiro atoms. The molecule has 0 aliphatic heterocycles. The maximum atomic E-state index is 12.0. The van der Waals surface area contributed by atoms with Crippen LogP contribution < -0.4 is 5.32 Å². The van der Waals surface area contributed by atoms with E-state index in [-0.39, 0.29) is 12.5 Å². The zero-order chi connectivity index (χ0) is 14.8. The van der Waals surface area contributed by atoms with Crippen molar-refractivity contribution in [2.45, 2.75) is 32.6 Å². The summed E-state index contributed by atoms with van der Waals surface area (Å²) in [4.78, 5) is 26.4. The number of hydrogen-bond donors (Lipinski definition) is 3. The third-order valence-corrected chi connectivity index (χ3v) is 4.62. The van der Waals surface area contributed by atoms with Crippen LogP contribution in [0.4, 0.5) is 0 Å². The van der Waals surface area contributed by atoms with Crippen LogP contribution in [0.3, 0.4) is 0 Å². The molecular formula is C14H19BrN2O3. The number of carboxylic acid groups (broad SMARTS) is 1. The molecule has 1 heterocycles. The van der Waals surface area contributed by atoms with Crippen molar-refractivity contribution in [2.24, 2.45) is 11.3 Å². The molecule has 1 fully saturated rings. The molecule has 0 saturated heterocycles. The number of aromatic amines is 1. The summed E-state index contributed by atoms with van der Waals surface area (Å²) in [5.74, 6) is -0.509. The molecule has 6 heteroatoms. The first-order valence-electron chi connectivity index (χ1n) is 6.78. The van der Waals surface area contributed by atoms with Gasteiger partial charge in [0.05, 0.1) is 5.41 Å². The molecule has 0 bridgehead atoms. The van der Waals surface area contributed by atoms with Gasteiger partial charge in [-0.15, -0.1) is 0 Å². The number of H-pyrrole nitrogens is 1. The maximum absolute atomic E-state index is 12.0. The van der Waals surface area contributed by atoms with Gasteiger partial charge in [0.15, 0.2) is 0 Å². The highest BCUT2D eigenvalue weighted by Gasteiger charge is 2.41. The van der Waals surface area contributed by atoms with Gasteiger partial charge in [-0.1, -0.05) is 6.92 Å². The van der Waals surface area contributed by atoms with E-state index in [1.165, 1.54) is 0 Å². The predicted octanol–water partition coefficient (Wildman–Crippen LogP) is 2.79. The molecular weight excluding hydrogens is 324 g/mol. The van der Waals surface area contributed by atoms with E-state index in [0.29, 0.717) is 24.5 Å². The van der Waals surface area contributed by atoms with Crippen LogP contribution in [0.25, 0.3) is 0 Å². The van der Waals surface area contributed by atoms with Gasteiger partial charge in [-0.2, -0.15) is 0 Å². The van der Waals surface area contributed by atoms with Crippen LogP contribution in [0.15, 0.2) is 16.7 Å². The van der Waals surface area contributed by atoms with Crippen molar-refractivity contribution < 1.29 is 14.7 Å². The number of carboxylic acids is 1. The summed E-state index contributed by atoms with van der Waals surface area (Å²) in [6, 6.07) is 1.67. The summed E-state index contributed by atoms with van der Waals surface area (Å²) in [5.41, 5.74) is -0.381. The number of rotatable bonds is 4. The topological polar surface area (TPSA) is 82.2 Å². The number of hydrogen-bond acceptors (Lipinski definition) is 2. The minimum atomic E-state index is -0.813. The lowest BCUT2D eigenvalue weighted by Crippen LogP contribution is -2.45. The Hall–Kier alpha value is -1.30. The predicted molar refractivity (Wildman–Crippen MR) is 78.5 cm³/mol. The number of halogens is 1. The summed E-state index contributed by atoms with van der Waals surface area (Å²) in [7, 11) is 0. The lowest BCUT2D eigenvalue weighted by atomic mass is 9.71. The lowest BCUT2D eigenvalue weighted by Gasteiger charge is -2.35. The van der Waals surface area contributed by atoms with Crippen LogP contribution in [-0.2, 0) is 4.79 Å². The first-order chi connectivity index (χ1) is 9.43. The van der Waals surface area contributed by atoms with E-state index in [0.717, 1.165) is 17.3 Å². The second kappa shape index (κ2) is 5.99. The summed E-state index contributed by atoms with van der Waals surface area (Å²) < 4.78 is 0.794. The fourth-order valence-corrected chi connectivity index (χ4v) is 2.97. The standard InChI is InChI=1S/C14H19BrN2O3/c1-9-2-4-14(5-3-9,13(19)20)8-17-12(18)11-6-10(15)7-16-11/h6-7,9,16H,2-5,8H2,1H3,(H,17,18)(H,19,20). The Bertz CT molecular complexity index is 504. The molecule has 0 radical (unpaired) electrons. The van der Waals surface area contributed by atoms with Gasteiger partial charge >= 0.3 is 5.97 Å². The monoisotopic (exact) mass is 342 g/mol. The summed E-state index contributed by atoms with van der Waals surface area (Å²) in [6.45, 7) is 2.32. The summed E-state index contributed by atoms with van der Waals surface area (Å²) in [6.07, 6.45) is 4.72. The van der Waals surface area contributed by atoms with Gasteiger partial charge in [0.25, 0.3) is 5.91 Å². The number of aromatic nitrogens is 1. The Balaban J connectivity index is 1.99. The molecule has 0 aromatic carbocycles. The fraction of sp³-hybridized carbons (Fsp3) is 0.571. The van der Waals surface area contributed by atoms with E-state index < -0.39 is 11.4 Å². The first-order valence-corrected chi connectivity index (χ1v) is 7.58. The molecule has 20 heavy (non-hydrogen) atoms. The van der Waals surface area contributed by atoms with Gasteiger partial charge < -0.3 is 15.4 Å². The van der Waals surface area contributed by atoms with Crippen LogP contribution in [-0.4, -0.2) is 28.5 Å². The van der Waals surface area contributed by atoms with Crippen LogP contribution in [0.5, 0.6) is 0 Å². The first kappa shape index (κ1) is 15.1. The van der Waals surface area contributed by atoms with Crippen molar-refractivity contribution in [2.75, 3.05) is 6.54 Å². The minimum Gasteiger partial charge on any atom is -0.481 e. The zero-order valence-electron chi connectivity index (χ0n) is 11.4. The van der Waals surface area contributed by atoms with Gasteiger partial charge in [0.2, 0.25) is 0 Å². The smallest absolute Gasteiger partial charge is 0.311 e. The Morgan fingerprint density at radius 1 is 1.50 bits per heavy atom. The van der Waals surface area contributed by atoms with E-state index in [4.69, 9.17) is 0 Å². The zero-order valence-corrected chi connectivity index (χ0v) is 13.0. The average molecular weight is 343 g/mol. The van der Waals surface area contributed by atoms with Crippen molar-refractivity contribution in [3.63, 3.8) is 0 Å². The molecule has 1 aromatic heterocycles. The molecule has 1 amide bonds. The second-order valence-electron chi connectivity index (χ2n) is 5.68. The van der Waals surface area contributed by atoms with Crippen molar-refractivity contribution >= 4 is 27.8 Å². The number of carbonyl (C=O) groups excluding carboxylic acids is 1. The Morgan fingerprint density at radius 3 is 2.65 bits per heavy atom. The van der Waals surface area contributed by atoms with Gasteiger partial charge in [0, 0.05) is 17.2 Å². The third-order valence-electron chi connectivity index (χ3n) is 4.16. The van der Waals surface area contributed by atoms with E-state index in [1.54, 1.807) is 12.3 Å². The van der Waals surface area contributed by atoms with Gasteiger partial charge in [-0.05, 0) is 53.6 Å². The highest BCUT2D eigenvalue weighted by Crippen LogP contribution is 2.38. The van der Waals surface area contributed by atoms with Crippen LogP contribution in [0, 0.1) is 11.3 Å².